The van der Waals surface area contributed by atoms with Crippen molar-refractivity contribution in [3.05, 3.63) is 89.9 Å². The molecule has 0 aliphatic heterocycles. The zero-order valence-corrected chi connectivity index (χ0v) is 12.5. The summed E-state index contributed by atoms with van der Waals surface area (Å²) in [5, 5.41) is 2.66. The van der Waals surface area contributed by atoms with E-state index in [9.17, 15) is 14.0 Å². The Kier molecular flexibility index (Phi) is 4.47. The van der Waals surface area contributed by atoms with E-state index in [0.717, 1.165) is 5.56 Å². The number of furan rings is 1. The Morgan fingerprint density at radius 3 is 2.29 bits per heavy atom. The maximum absolute atomic E-state index is 13.2. The predicted molar refractivity (Wildman–Crippen MR) is 83.7 cm³/mol. The lowest BCUT2D eigenvalue weighted by Crippen LogP contribution is -2.34. The monoisotopic (exact) mass is 324 g/mol. The van der Waals surface area contributed by atoms with Gasteiger partial charge in [-0.1, -0.05) is 12.1 Å². The van der Waals surface area contributed by atoms with Crippen molar-refractivity contribution in [1.82, 2.24) is 10.3 Å². The fraction of sp³-hybridized carbons (Fsp3) is 0.0556. The summed E-state index contributed by atoms with van der Waals surface area (Å²) in [5.41, 5.74) is 1.36. The first kappa shape index (κ1) is 15.6. The van der Waals surface area contributed by atoms with Gasteiger partial charge in [0, 0.05) is 12.4 Å². The van der Waals surface area contributed by atoms with Crippen molar-refractivity contribution in [3.8, 4) is 0 Å². The summed E-state index contributed by atoms with van der Waals surface area (Å²) in [5.74, 6) is -2.01. The van der Waals surface area contributed by atoms with E-state index in [2.05, 4.69) is 10.3 Å². The number of amides is 1. The van der Waals surface area contributed by atoms with Crippen LogP contribution in [0.5, 0.6) is 0 Å². The predicted octanol–water partition coefficient (Wildman–Crippen LogP) is 2.90. The maximum Gasteiger partial charge on any atom is 0.296 e. The molecular formula is C18H13FN2O3. The Morgan fingerprint density at radius 2 is 1.67 bits per heavy atom. The Labute approximate surface area is 137 Å². The standard InChI is InChI=1S/C18H13FN2O3/c19-14-5-3-12(4-6-14)16(13-7-9-20-10-8-13)21-18(23)17(22)15-2-1-11-24-15/h1-11,16H,(H,21,23). The number of halogens is 1. The smallest absolute Gasteiger partial charge is 0.296 e. The highest BCUT2D eigenvalue weighted by molar-refractivity contribution is 6.42. The van der Waals surface area contributed by atoms with Crippen molar-refractivity contribution in [2.45, 2.75) is 6.04 Å². The molecule has 1 unspecified atom stereocenters. The van der Waals surface area contributed by atoms with Crippen molar-refractivity contribution in [3.63, 3.8) is 0 Å². The molecule has 0 radical (unpaired) electrons. The SMILES string of the molecule is O=C(NC(c1ccncc1)c1ccc(F)cc1)C(=O)c1ccco1. The van der Waals surface area contributed by atoms with E-state index >= 15 is 0 Å². The molecule has 0 aliphatic carbocycles. The average molecular weight is 324 g/mol. The number of carbonyl (C=O) groups is 2. The normalized spacial score (nSPS) is 11.7. The van der Waals surface area contributed by atoms with E-state index in [0.29, 0.717) is 5.56 Å². The summed E-state index contributed by atoms with van der Waals surface area (Å²) < 4.78 is 18.1. The minimum Gasteiger partial charge on any atom is -0.461 e. The third kappa shape index (κ3) is 3.38. The second-order valence-electron chi connectivity index (χ2n) is 5.04. The van der Waals surface area contributed by atoms with Crippen LogP contribution in [-0.4, -0.2) is 16.7 Å². The van der Waals surface area contributed by atoms with E-state index in [1.54, 1.807) is 36.7 Å². The quantitative estimate of drug-likeness (QED) is 0.578. The van der Waals surface area contributed by atoms with Crippen molar-refractivity contribution in [2.75, 3.05) is 0 Å². The van der Waals surface area contributed by atoms with Crippen molar-refractivity contribution in [2.24, 2.45) is 0 Å². The molecule has 0 spiro atoms. The highest BCUT2D eigenvalue weighted by Crippen LogP contribution is 2.22. The van der Waals surface area contributed by atoms with Gasteiger partial charge in [0.05, 0.1) is 12.3 Å². The van der Waals surface area contributed by atoms with Gasteiger partial charge in [-0.2, -0.15) is 0 Å². The van der Waals surface area contributed by atoms with Crippen LogP contribution in [0.25, 0.3) is 0 Å². The zero-order valence-electron chi connectivity index (χ0n) is 12.5. The average Bonchev–Trinajstić information content (AvgIpc) is 3.15. The molecule has 120 valence electrons. The van der Waals surface area contributed by atoms with Crippen LogP contribution in [0.3, 0.4) is 0 Å². The molecule has 24 heavy (non-hydrogen) atoms. The zero-order chi connectivity index (χ0) is 16.9. The molecule has 1 atom stereocenters. The van der Waals surface area contributed by atoms with Crippen LogP contribution in [0.1, 0.15) is 27.7 Å². The first-order valence-corrected chi connectivity index (χ1v) is 7.19. The molecule has 3 aromatic rings. The van der Waals surface area contributed by atoms with E-state index < -0.39 is 17.7 Å². The molecule has 0 fully saturated rings. The third-order valence-corrected chi connectivity index (χ3v) is 3.47. The summed E-state index contributed by atoms with van der Waals surface area (Å²) in [4.78, 5) is 28.3. The van der Waals surface area contributed by atoms with Crippen LogP contribution in [-0.2, 0) is 4.79 Å². The number of carbonyl (C=O) groups excluding carboxylic acids is 2. The van der Waals surface area contributed by atoms with Gasteiger partial charge in [-0.25, -0.2) is 4.39 Å². The molecule has 1 N–H and O–H groups in total. The third-order valence-electron chi connectivity index (χ3n) is 3.47. The lowest BCUT2D eigenvalue weighted by atomic mass is 9.99. The van der Waals surface area contributed by atoms with E-state index in [-0.39, 0.29) is 11.6 Å². The first-order chi connectivity index (χ1) is 11.6. The second kappa shape index (κ2) is 6.87. The van der Waals surface area contributed by atoms with Gasteiger partial charge in [0.25, 0.3) is 11.7 Å². The van der Waals surface area contributed by atoms with Crippen LogP contribution >= 0.6 is 0 Å². The van der Waals surface area contributed by atoms with Gasteiger partial charge in [-0.15, -0.1) is 0 Å². The summed E-state index contributed by atoms with van der Waals surface area (Å²) in [7, 11) is 0. The number of benzene rings is 1. The number of nitrogens with zero attached hydrogens (tertiary/aromatic N) is 1. The fourth-order valence-corrected chi connectivity index (χ4v) is 2.29. The lowest BCUT2D eigenvalue weighted by Gasteiger charge is -2.19. The number of hydrogen-bond donors (Lipinski definition) is 1. The second-order valence-corrected chi connectivity index (χ2v) is 5.04. The summed E-state index contributed by atoms with van der Waals surface area (Å²) >= 11 is 0. The molecule has 3 rings (SSSR count). The van der Waals surface area contributed by atoms with Gasteiger partial charge in [0.1, 0.15) is 5.82 Å². The number of hydrogen-bond acceptors (Lipinski definition) is 4. The minimum atomic E-state index is -0.809. The van der Waals surface area contributed by atoms with Crippen molar-refractivity contribution in [1.29, 1.82) is 0 Å². The highest BCUT2D eigenvalue weighted by Gasteiger charge is 2.24. The van der Waals surface area contributed by atoms with Gasteiger partial charge in [-0.05, 0) is 47.5 Å². The summed E-state index contributed by atoms with van der Waals surface area (Å²) in [6, 6.07) is 11.5. The van der Waals surface area contributed by atoms with Gasteiger partial charge in [0.15, 0.2) is 5.76 Å². The first-order valence-electron chi connectivity index (χ1n) is 7.19. The molecular weight excluding hydrogens is 311 g/mol. The number of pyridine rings is 1. The maximum atomic E-state index is 13.2. The molecule has 0 bridgehead atoms. The van der Waals surface area contributed by atoms with Gasteiger partial charge >= 0.3 is 0 Å². The minimum absolute atomic E-state index is 0.0416. The number of Topliss-reactive ketones (excluding diaryl/α,β-unsaturated/α-hetero) is 1. The van der Waals surface area contributed by atoms with Crippen LogP contribution < -0.4 is 5.32 Å². The Hall–Kier alpha value is -3.28. The Balaban J connectivity index is 1.89. The van der Waals surface area contributed by atoms with Gasteiger partial charge in [0.2, 0.25) is 0 Å². The van der Waals surface area contributed by atoms with Gasteiger partial charge in [-0.3, -0.25) is 14.6 Å². The number of nitrogens with one attached hydrogen (secondary N) is 1. The molecule has 1 aromatic carbocycles. The lowest BCUT2D eigenvalue weighted by molar-refractivity contribution is -0.117. The Morgan fingerprint density at radius 1 is 1.00 bits per heavy atom. The van der Waals surface area contributed by atoms with Crippen LogP contribution in [0, 0.1) is 5.82 Å². The molecule has 2 aromatic heterocycles. The molecule has 0 aliphatic rings. The molecule has 0 saturated heterocycles. The van der Waals surface area contributed by atoms with Crippen LogP contribution in [0.15, 0.2) is 71.6 Å². The molecule has 1 amide bonds. The molecule has 0 saturated carbocycles. The van der Waals surface area contributed by atoms with Crippen molar-refractivity contribution >= 4 is 11.7 Å². The number of rotatable bonds is 5. The summed E-state index contributed by atoms with van der Waals surface area (Å²) in [6.45, 7) is 0. The summed E-state index contributed by atoms with van der Waals surface area (Å²) in [6.07, 6.45) is 4.47. The van der Waals surface area contributed by atoms with E-state index in [1.807, 2.05) is 0 Å². The molecule has 2 heterocycles. The topological polar surface area (TPSA) is 72.2 Å². The van der Waals surface area contributed by atoms with Crippen LogP contribution in [0.2, 0.25) is 0 Å². The van der Waals surface area contributed by atoms with E-state index in [4.69, 9.17) is 4.42 Å². The van der Waals surface area contributed by atoms with Crippen molar-refractivity contribution < 1.29 is 18.4 Å². The largest absolute Gasteiger partial charge is 0.461 e. The molecule has 5 nitrogen and oxygen atoms in total. The van der Waals surface area contributed by atoms with E-state index in [1.165, 1.54) is 30.5 Å². The Bertz CT molecular complexity index is 830. The fourth-order valence-electron chi connectivity index (χ4n) is 2.29. The number of ketones is 1. The van der Waals surface area contributed by atoms with Gasteiger partial charge < -0.3 is 9.73 Å². The number of aromatic nitrogens is 1. The molecule has 6 heteroatoms. The highest BCUT2D eigenvalue weighted by atomic mass is 19.1. The van der Waals surface area contributed by atoms with Crippen LogP contribution in [0.4, 0.5) is 4.39 Å².